The zero-order chi connectivity index (χ0) is 21.7. The SMILES string of the molecule is CN(C)Cc1ccc(N2CCN(C(=O)c3cccnc3OCC(F)(F)F)CC2)nc1. The van der Waals surface area contributed by atoms with Crippen LogP contribution in [-0.4, -0.2) is 78.7 Å². The lowest BCUT2D eigenvalue weighted by Gasteiger charge is -2.35. The number of amides is 1. The van der Waals surface area contributed by atoms with Gasteiger partial charge in [0.05, 0.1) is 0 Å². The minimum atomic E-state index is -4.50. The highest BCUT2D eigenvalue weighted by atomic mass is 19.4. The van der Waals surface area contributed by atoms with E-state index in [1.807, 2.05) is 32.4 Å². The number of nitrogens with zero attached hydrogens (tertiary/aromatic N) is 5. The molecule has 0 saturated carbocycles. The lowest BCUT2D eigenvalue weighted by atomic mass is 10.2. The van der Waals surface area contributed by atoms with Crippen LogP contribution in [0.2, 0.25) is 0 Å². The van der Waals surface area contributed by atoms with E-state index in [4.69, 9.17) is 4.74 Å². The summed E-state index contributed by atoms with van der Waals surface area (Å²) in [5, 5.41) is 0. The summed E-state index contributed by atoms with van der Waals surface area (Å²) in [5.74, 6) is 0.134. The lowest BCUT2D eigenvalue weighted by molar-refractivity contribution is -0.154. The van der Waals surface area contributed by atoms with Gasteiger partial charge in [0.2, 0.25) is 5.88 Å². The first kappa shape index (κ1) is 21.8. The van der Waals surface area contributed by atoms with Gasteiger partial charge in [-0.05, 0) is 37.9 Å². The van der Waals surface area contributed by atoms with Crippen molar-refractivity contribution in [1.29, 1.82) is 0 Å². The summed E-state index contributed by atoms with van der Waals surface area (Å²) < 4.78 is 42.1. The van der Waals surface area contributed by atoms with Gasteiger partial charge < -0.3 is 19.4 Å². The summed E-state index contributed by atoms with van der Waals surface area (Å²) in [4.78, 5) is 26.9. The van der Waals surface area contributed by atoms with Crippen LogP contribution in [0.1, 0.15) is 15.9 Å². The lowest BCUT2D eigenvalue weighted by Crippen LogP contribution is -2.49. The number of alkyl halides is 3. The predicted octanol–water partition coefficient (Wildman–Crippen LogP) is 2.44. The Balaban J connectivity index is 1.61. The third-order valence-electron chi connectivity index (χ3n) is 4.57. The number of carbonyl (C=O) groups excluding carboxylic acids is 1. The highest BCUT2D eigenvalue weighted by Crippen LogP contribution is 2.22. The molecule has 0 spiro atoms. The molecule has 10 heteroatoms. The van der Waals surface area contributed by atoms with E-state index in [1.54, 1.807) is 4.90 Å². The molecule has 0 unspecified atom stereocenters. The molecule has 1 aliphatic heterocycles. The summed E-state index contributed by atoms with van der Waals surface area (Å²) >= 11 is 0. The second-order valence-corrected chi connectivity index (χ2v) is 7.30. The van der Waals surface area contributed by atoms with Gasteiger partial charge in [0, 0.05) is 45.1 Å². The quantitative estimate of drug-likeness (QED) is 0.711. The summed E-state index contributed by atoms with van der Waals surface area (Å²) in [7, 11) is 3.98. The van der Waals surface area contributed by atoms with E-state index >= 15 is 0 Å². The molecule has 0 aromatic carbocycles. The number of halogens is 3. The van der Waals surface area contributed by atoms with Crippen molar-refractivity contribution in [3.05, 3.63) is 47.8 Å². The summed E-state index contributed by atoms with van der Waals surface area (Å²) in [6.07, 6.45) is -1.36. The molecule has 2 aromatic heterocycles. The topological polar surface area (TPSA) is 61.8 Å². The van der Waals surface area contributed by atoms with Gasteiger partial charge >= 0.3 is 6.18 Å². The van der Waals surface area contributed by atoms with Gasteiger partial charge in [-0.3, -0.25) is 4.79 Å². The van der Waals surface area contributed by atoms with Crippen molar-refractivity contribution < 1.29 is 22.7 Å². The first-order valence-corrected chi connectivity index (χ1v) is 9.51. The number of carbonyl (C=O) groups is 1. The van der Waals surface area contributed by atoms with Gasteiger partial charge in [-0.1, -0.05) is 6.07 Å². The van der Waals surface area contributed by atoms with E-state index < -0.39 is 18.7 Å². The number of hydrogen-bond acceptors (Lipinski definition) is 6. The largest absolute Gasteiger partial charge is 0.467 e. The fourth-order valence-corrected chi connectivity index (χ4v) is 3.19. The van der Waals surface area contributed by atoms with Gasteiger partial charge in [-0.25, -0.2) is 9.97 Å². The maximum atomic E-state index is 12.8. The number of pyridine rings is 2. The minimum absolute atomic E-state index is 0.0290. The van der Waals surface area contributed by atoms with Crippen LogP contribution >= 0.6 is 0 Å². The number of aromatic nitrogens is 2. The van der Waals surface area contributed by atoms with Gasteiger partial charge in [0.1, 0.15) is 11.4 Å². The molecular weight excluding hydrogens is 399 g/mol. The Labute approximate surface area is 173 Å². The van der Waals surface area contributed by atoms with Crippen LogP contribution < -0.4 is 9.64 Å². The Morgan fingerprint density at radius 2 is 1.87 bits per heavy atom. The van der Waals surface area contributed by atoms with E-state index in [2.05, 4.69) is 19.8 Å². The van der Waals surface area contributed by atoms with E-state index in [1.165, 1.54) is 18.3 Å². The molecule has 2 aromatic rings. The Kier molecular flexibility index (Phi) is 6.76. The third-order valence-corrected chi connectivity index (χ3v) is 4.57. The van der Waals surface area contributed by atoms with E-state index in [9.17, 15) is 18.0 Å². The van der Waals surface area contributed by atoms with Crippen LogP contribution in [0.5, 0.6) is 5.88 Å². The first-order valence-electron chi connectivity index (χ1n) is 9.51. The molecule has 30 heavy (non-hydrogen) atoms. The molecule has 0 N–H and O–H groups in total. The first-order chi connectivity index (χ1) is 14.2. The molecule has 3 rings (SSSR count). The normalized spacial score (nSPS) is 14.9. The zero-order valence-corrected chi connectivity index (χ0v) is 16.9. The van der Waals surface area contributed by atoms with Crippen molar-refractivity contribution in [2.24, 2.45) is 0 Å². The number of rotatable bonds is 6. The van der Waals surface area contributed by atoms with Crippen molar-refractivity contribution in [2.45, 2.75) is 12.7 Å². The van der Waals surface area contributed by atoms with E-state index in [-0.39, 0.29) is 11.4 Å². The molecule has 162 valence electrons. The zero-order valence-electron chi connectivity index (χ0n) is 16.9. The highest BCUT2D eigenvalue weighted by molar-refractivity contribution is 5.96. The fraction of sp³-hybridized carbons (Fsp3) is 0.450. The Morgan fingerprint density at radius 3 is 2.47 bits per heavy atom. The van der Waals surface area contributed by atoms with Gasteiger partial charge in [0.15, 0.2) is 6.61 Å². The van der Waals surface area contributed by atoms with Crippen LogP contribution in [-0.2, 0) is 6.54 Å². The molecule has 0 aliphatic carbocycles. The second kappa shape index (κ2) is 9.29. The van der Waals surface area contributed by atoms with Crippen molar-refractivity contribution in [1.82, 2.24) is 19.8 Å². The maximum Gasteiger partial charge on any atom is 0.422 e. The van der Waals surface area contributed by atoms with Gasteiger partial charge in [-0.15, -0.1) is 0 Å². The fourth-order valence-electron chi connectivity index (χ4n) is 3.19. The van der Waals surface area contributed by atoms with Crippen LogP contribution in [0, 0.1) is 0 Å². The molecule has 1 fully saturated rings. The number of ether oxygens (including phenoxy) is 1. The van der Waals surface area contributed by atoms with Crippen molar-refractivity contribution >= 4 is 11.7 Å². The monoisotopic (exact) mass is 423 g/mol. The molecule has 0 radical (unpaired) electrons. The molecule has 1 amide bonds. The molecular formula is C20H24F3N5O2. The predicted molar refractivity (Wildman–Crippen MR) is 106 cm³/mol. The Hall–Kier alpha value is -2.88. The van der Waals surface area contributed by atoms with Gasteiger partial charge in [0.25, 0.3) is 5.91 Å². The van der Waals surface area contributed by atoms with E-state index in [0.29, 0.717) is 26.2 Å². The molecule has 7 nitrogen and oxygen atoms in total. The Bertz CT molecular complexity index is 850. The number of hydrogen-bond donors (Lipinski definition) is 0. The number of piperazine rings is 1. The van der Waals surface area contributed by atoms with Crippen molar-refractivity contribution in [3.8, 4) is 5.88 Å². The minimum Gasteiger partial charge on any atom is -0.467 e. The molecule has 1 saturated heterocycles. The number of anilines is 1. The van der Waals surface area contributed by atoms with E-state index in [0.717, 1.165) is 17.9 Å². The standard InChI is InChI=1S/C20H24F3N5O2/c1-26(2)13-15-5-6-17(25-12-15)27-8-10-28(11-9-27)19(29)16-4-3-7-24-18(16)30-14-20(21,22)23/h3-7,12H,8-11,13-14H2,1-2H3. The molecule has 1 aliphatic rings. The highest BCUT2D eigenvalue weighted by Gasteiger charge is 2.31. The summed E-state index contributed by atoms with van der Waals surface area (Å²) in [6.45, 7) is 1.31. The summed E-state index contributed by atoms with van der Waals surface area (Å²) in [6, 6.07) is 6.92. The van der Waals surface area contributed by atoms with Crippen LogP contribution in [0.15, 0.2) is 36.7 Å². The maximum absolute atomic E-state index is 12.8. The molecule has 0 bridgehead atoms. The van der Waals surface area contributed by atoms with Gasteiger partial charge in [-0.2, -0.15) is 13.2 Å². The van der Waals surface area contributed by atoms with Crippen LogP contribution in [0.25, 0.3) is 0 Å². The van der Waals surface area contributed by atoms with Crippen molar-refractivity contribution in [3.63, 3.8) is 0 Å². The average molecular weight is 423 g/mol. The van der Waals surface area contributed by atoms with Crippen molar-refractivity contribution in [2.75, 3.05) is 51.8 Å². The summed E-state index contributed by atoms with van der Waals surface area (Å²) in [5.41, 5.74) is 1.14. The molecule has 3 heterocycles. The Morgan fingerprint density at radius 1 is 1.13 bits per heavy atom. The second-order valence-electron chi connectivity index (χ2n) is 7.30. The smallest absolute Gasteiger partial charge is 0.422 e. The van der Waals surface area contributed by atoms with Crippen LogP contribution in [0.4, 0.5) is 19.0 Å². The molecule has 0 atom stereocenters. The van der Waals surface area contributed by atoms with Crippen LogP contribution in [0.3, 0.4) is 0 Å². The average Bonchev–Trinajstić information content (AvgIpc) is 2.72. The third kappa shape index (κ3) is 5.82.